The van der Waals surface area contributed by atoms with Crippen molar-refractivity contribution in [1.29, 1.82) is 0 Å². The van der Waals surface area contributed by atoms with Gasteiger partial charge in [0.25, 0.3) is 5.91 Å². The van der Waals surface area contributed by atoms with Crippen LogP contribution in [-0.4, -0.2) is 33.4 Å². The molecule has 18 heavy (non-hydrogen) atoms. The molecule has 1 unspecified atom stereocenters. The molecule has 3 N–H and O–H groups in total. The molecule has 0 radical (unpaired) electrons. The molecule has 1 aromatic carbocycles. The van der Waals surface area contributed by atoms with Crippen LogP contribution in [0.2, 0.25) is 0 Å². The number of rotatable bonds is 4. The molecule has 96 valence electrons. The molecule has 5 heteroatoms. The van der Waals surface area contributed by atoms with Crippen LogP contribution in [0.3, 0.4) is 0 Å². The van der Waals surface area contributed by atoms with Crippen molar-refractivity contribution in [2.45, 2.75) is 25.8 Å². The number of H-pyrrole nitrogens is 1. The van der Waals surface area contributed by atoms with Gasteiger partial charge in [-0.25, -0.2) is 0 Å². The van der Waals surface area contributed by atoms with E-state index >= 15 is 0 Å². The standard InChI is InChI=1S/C13H17N3O2/c1-3-13(2,8-17)15-12(18)9-4-5-11-10(6-9)7-14-16-11/h4-7,17H,3,8H2,1-2H3,(H,14,16)(H,15,18). The molecule has 0 aliphatic heterocycles. The molecule has 5 nitrogen and oxygen atoms in total. The SMILES string of the molecule is CCC(C)(CO)NC(=O)c1ccc2[nH]ncc2c1. The molecule has 0 saturated heterocycles. The summed E-state index contributed by atoms with van der Waals surface area (Å²) in [6.45, 7) is 3.67. The first-order valence-corrected chi connectivity index (χ1v) is 5.94. The van der Waals surface area contributed by atoms with E-state index in [2.05, 4.69) is 15.5 Å². The maximum Gasteiger partial charge on any atom is 0.251 e. The summed E-state index contributed by atoms with van der Waals surface area (Å²) in [5.74, 6) is -0.184. The third-order valence-corrected chi connectivity index (χ3v) is 3.25. The number of nitrogens with zero attached hydrogens (tertiary/aromatic N) is 1. The van der Waals surface area contributed by atoms with Crippen LogP contribution in [-0.2, 0) is 0 Å². The number of aromatic nitrogens is 2. The van der Waals surface area contributed by atoms with Crippen LogP contribution >= 0.6 is 0 Å². The Morgan fingerprint density at radius 1 is 1.56 bits per heavy atom. The second kappa shape index (κ2) is 4.78. The summed E-state index contributed by atoms with van der Waals surface area (Å²) >= 11 is 0. The van der Waals surface area contributed by atoms with Gasteiger partial charge >= 0.3 is 0 Å². The lowest BCUT2D eigenvalue weighted by atomic mass is 9.99. The minimum atomic E-state index is -0.581. The van der Waals surface area contributed by atoms with Crippen LogP contribution in [0.1, 0.15) is 30.6 Å². The fraction of sp³-hybridized carbons (Fsp3) is 0.385. The molecule has 0 aliphatic rings. The van der Waals surface area contributed by atoms with E-state index in [-0.39, 0.29) is 12.5 Å². The molecule has 0 fully saturated rings. The lowest BCUT2D eigenvalue weighted by Crippen LogP contribution is -2.48. The van der Waals surface area contributed by atoms with E-state index in [1.807, 2.05) is 19.9 Å². The third-order valence-electron chi connectivity index (χ3n) is 3.25. The van der Waals surface area contributed by atoms with Crippen molar-refractivity contribution >= 4 is 16.8 Å². The van der Waals surface area contributed by atoms with Crippen molar-refractivity contribution < 1.29 is 9.90 Å². The molecule has 0 bridgehead atoms. The van der Waals surface area contributed by atoms with Gasteiger partial charge in [0.15, 0.2) is 0 Å². The van der Waals surface area contributed by atoms with Crippen LogP contribution in [0.15, 0.2) is 24.4 Å². The molecule has 1 heterocycles. The van der Waals surface area contributed by atoms with Crippen molar-refractivity contribution in [1.82, 2.24) is 15.5 Å². The van der Waals surface area contributed by atoms with E-state index < -0.39 is 5.54 Å². The van der Waals surface area contributed by atoms with Crippen molar-refractivity contribution in [3.63, 3.8) is 0 Å². The Labute approximate surface area is 105 Å². The number of nitrogens with one attached hydrogen (secondary N) is 2. The average Bonchev–Trinajstić information content (AvgIpc) is 2.85. The molecule has 0 spiro atoms. The Morgan fingerprint density at radius 3 is 3.00 bits per heavy atom. The molecule has 2 aromatic rings. The second-order valence-electron chi connectivity index (χ2n) is 4.70. The van der Waals surface area contributed by atoms with Crippen molar-refractivity contribution in [2.24, 2.45) is 0 Å². The molecule has 2 rings (SSSR count). The first-order chi connectivity index (χ1) is 8.58. The topological polar surface area (TPSA) is 78.0 Å². The van der Waals surface area contributed by atoms with Crippen LogP contribution in [0.5, 0.6) is 0 Å². The summed E-state index contributed by atoms with van der Waals surface area (Å²) in [6.07, 6.45) is 2.35. The van der Waals surface area contributed by atoms with Gasteiger partial charge in [0.1, 0.15) is 0 Å². The number of carbonyl (C=O) groups is 1. The second-order valence-corrected chi connectivity index (χ2v) is 4.70. The normalized spacial score (nSPS) is 14.4. The number of hydrogen-bond donors (Lipinski definition) is 3. The van der Waals surface area contributed by atoms with Gasteiger partial charge in [0.05, 0.1) is 23.9 Å². The number of aliphatic hydroxyl groups is 1. The zero-order chi connectivity index (χ0) is 13.2. The van der Waals surface area contributed by atoms with Gasteiger partial charge in [-0.1, -0.05) is 6.92 Å². The Kier molecular flexibility index (Phi) is 3.34. The van der Waals surface area contributed by atoms with Crippen LogP contribution in [0, 0.1) is 0 Å². The van der Waals surface area contributed by atoms with Gasteiger partial charge in [-0.3, -0.25) is 9.89 Å². The number of fused-ring (bicyclic) bond motifs is 1. The number of aliphatic hydroxyl groups excluding tert-OH is 1. The Hall–Kier alpha value is -1.88. The first kappa shape index (κ1) is 12.6. The summed E-state index contributed by atoms with van der Waals surface area (Å²) in [4.78, 5) is 12.1. The van der Waals surface area contributed by atoms with Crippen molar-refractivity contribution in [2.75, 3.05) is 6.61 Å². The van der Waals surface area contributed by atoms with Gasteiger partial charge in [0.2, 0.25) is 0 Å². The van der Waals surface area contributed by atoms with E-state index in [0.717, 1.165) is 10.9 Å². The maximum absolute atomic E-state index is 12.1. The Morgan fingerprint density at radius 2 is 2.33 bits per heavy atom. The number of benzene rings is 1. The lowest BCUT2D eigenvalue weighted by molar-refractivity contribution is 0.0847. The summed E-state index contributed by atoms with van der Waals surface area (Å²) in [7, 11) is 0. The quantitative estimate of drug-likeness (QED) is 0.765. The highest BCUT2D eigenvalue weighted by Gasteiger charge is 2.23. The molecular formula is C13H17N3O2. The fourth-order valence-corrected chi connectivity index (χ4v) is 1.67. The van der Waals surface area contributed by atoms with Gasteiger partial charge < -0.3 is 10.4 Å². The van der Waals surface area contributed by atoms with Gasteiger partial charge in [-0.15, -0.1) is 0 Å². The predicted octanol–water partition coefficient (Wildman–Crippen LogP) is 1.45. The highest BCUT2D eigenvalue weighted by molar-refractivity contribution is 5.98. The highest BCUT2D eigenvalue weighted by atomic mass is 16.3. The highest BCUT2D eigenvalue weighted by Crippen LogP contribution is 2.15. The largest absolute Gasteiger partial charge is 0.394 e. The van der Waals surface area contributed by atoms with Crippen LogP contribution in [0.4, 0.5) is 0 Å². The van der Waals surface area contributed by atoms with Crippen molar-refractivity contribution in [3.8, 4) is 0 Å². The zero-order valence-electron chi connectivity index (χ0n) is 10.5. The molecule has 0 aliphatic carbocycles. The molecule has 1 amide bonds. The van der Waals surface area contributed by atoms with Crippen molar-refractivity contribution in [3.05, 3.63) is 30.0 Å². The number of amides is 1. The fourth-order valence-electron chi connectivity index (χ4n) is 1.67. The zero-order valence-corrected chi connectivity index (χ0v) is 10.5. The summed E-state index contributed by atoms with van der Waals surface area (Å²) < 4.78 is 0. The van der Waals surface area contributed by atoms with E-state index in [0.29, 0.717) is 12.0 Å². The first-order valence-electron chi connectivity index (χ1n) is 5.94. The van der Waals surface area contributed by atoms with Gasteiger partial charge in [-0.2, -0.15) is 5.10 Å². The third kappa shape index (κ3) is 2.36. The summed E-state index contributed by atoms with van der Waals surface area (Å²) in [6, 6.07) is 5.34. The lowest BCUT2D eigenvalue weighted by Gasteiger charge is -2.27. The molecular weight excluding hydrogens is 230 g/mol. The summed E-state index contributed by atoms with van der Waals surface area (Å²) in [5, 5.41) is 19.8. The van der Waals surface area contributed by atoms with Crippen LogP contribution in [0.25, 0.3) is 10.9 Å². The minimum Gasteiger partial charge on any atom is -0.394 e. The Bertz CT molecular complexity index is 558. The van der Waals surface area contributed by atoms with Crippen LogP contribution < -0.4 is 5.32 Å². The Balaban J connectivity index is 2.22. The predicted molar refractivity (Wildman–Crippen MR) is 69.3 cm³/mol. The summed E-state index contributed by atoms with van der Waals surface area (Å²) in [5.41, 5.74) is 0.881. The molecule has 1 aromatic heterocycles. The number of hydrogen-bond acceptors (Lipinski definition) is 3. The molecule has 1 atom stereocenters. The van der Waals surface area contributed by atoms with E-state index in [4.69, 9.17) is 0 Å². The maximum atomic E-state index is 12.1. The van der Waals surface area contributed by atoms with E-state index in [1.54, 1.807) is 18.3 Å². The average molecular weight is 247 g/mol. The van der Waals surface area contributed by atoms with E-state index in [9.17, 15) is 9.90 Å². The number of aromatic amines is 1. The monoisotopic (exact) mass is 247 g/mol. The molecule has 0 saturated carbocycles. The van der Waals surface area contributed by atoms with E-state index in [1.165, 1.54) is 0 Å². The number of carbonyl (C=O) groups excluding carboxylic acids is 1. The smallest absolute Gasteiger partial charge is 0.251 e. The van der Waals surface area contributed by atoms with Gasteiger partial charge in [-0.05, 0) is 31.5 Å². The van der Waals surface area contributed by atoms with Gasteiger partial charge in [0, 0.05) is 10.9 Å². The minimum absolute atomic E-state index is 0.0802.